The van der Waals surface area contributed by atoms with Crippen molar-refractivity contribution in [3.05, 3.63) is 41.8 Å². The molecule has 0 saturated carbocycles. The van der Waals surface area contributed by atoms with E-state index < -0.39 is 0 Å². The number of nitrogens with one attached hydrogen (secondary N) is 1. The number of aromatic nitrogens is 1. The molecule has 2 aromatic rings. The number of nitrogens with zero attached hydrogens (tertiary/aromatic N) is 3. The number of piperazine rings is 1. The molecule has 1 aromatic carbocycles. The fourth-order valence-electron chi connectivity index (χ4n) is 2.99. The number of rotatable bonds is 5. The van der Waals surface area contributed by atoms with Crippen molar-refractivity contribution >= 4 is 11.8 Å². The Bertz CT molecular complexity index is 764. The number of hydrogen-bond donors (Lipinski definition) is 1. The van der Waals surface area contributed by atoms with Gasteiger partial charge in [0.15, 0.2) is 0 Å². The molecule has 0 atom stereocenters. The number of oxazole rings is 1. The third kappa shape index (κ3) is 4.29. The van der Waals surface area contributed by atoms with Gasteiger partial charge in [-0.25, -0.2) is 4.98 Å². The summed E-state index contributed by atoms with van der Waals surface area (Å²) in [7, 11) is 1.63. The van der Waals surface area contributed by atoms with E-state index in [1.165, 1.54) is 0 Å². The van der Waals surface area contributed by atoms with Crippen LogP contribution in [-0.4, -0.2) is 66.4 Å². The average molecular weight is 356 g/mol. The van der Waals surface area contributed by atoms with Crippen molar-refractivity contribution in [2.45, 2.75) is 13.3 Å². The van der Waals surface area contributed by atoms with Gasteiger partial charge in [-0.2, -0.15) is 0 Å². The summed E-state index contributed by atoms with van der Waals surface area (Å²) in [5.74, 6) is 1.26. The summed E-state index contributed by atoms with van der Waals surface area (Å²) in [4.78, 5) is 32.4. The van der Waals surface area contributed by atoms with Crippen LogP contribution in [0.5, 0.6) is 0 Å². The quantitative estimate of drug-likeness (QED) is 0.867. The highest BCUT2D eigenvalue weighted by Crippen LogP contribution is 2.22. The maximum atomic E-state index is 12.6. The zero-order valence-electron chi connectivity index (χ0n) is 15.2. The number of carbonyl (C=O) groups is 2. The minimum atomic E-state index is -0.00330. The van der Waals surface area contributed by atoms with E-state index in [2.05, 4.69) is 15.2 Å². The summed E-state index contributed by atoms with van der Waals surface area (Å²) in [5.41, 5.74) is 1.58. The monoisotopic (exact) mass is 356 g/mol. The predicted octanol–water partition coefficient (Wildman–Crippen LogP) is 1.08. The number of amides is 2. The van der Waals surface area contributed by atoms with Gasteiger partial charge in [0.1, 0.15) is 5.76 Å². The second-order valence-electron chi connectivity index (χ2n) is 6.39. The van der Waals surface area contributed by atoms with Crippen LogP contribution >= 0.6 is 0 Å². The summed E-state index contributed by atoms with van der Waals surface area (Å²) in [6, 6.07) is 9.66. The van der Waals surface area contributed by atoms with Crippen LogP contribution in [0.15, 0.2) is 34.7 Å². The molecule has 1 aliphatic heterocycles. The molecule has 0 radical (unpaired) electrons. The van der Waals surface area contributed by atoms with Gasteiger partial charge in [-0.1, -0.05) is 18.2 Å². The molecule has 1 aromatic heterocycles. The molecule has 2 heterocycles. The number of likely N-dealkylation sites (N-methyl/N-ethyl adjacent to an activating group) is 1. The zero-order chi connectivity index (χ0) is 18.5. The first kappa shape index (κ1) is 18.1. The summed E-state index contributed by atoms with van der Waals surface area (Å²) < 4.78 is 5.73. The van der Waals surface area contributed by atoms with Crippen LogP contribution < -0.4 is 5.32 Å². The highest BCUT2D eigenvalue weighted by Gasteiger charge is 2.24. The van der Waals surface area contributed by atoms with Crippen LogP contribution in [0.3, 0.4) is 0 Å². The molecular weight excluding hydrogens is 332 g/mol. The van der Waals surface area contributed by atoms with Gasteiger partial charge in [0.2, 0.25) is 17.7 Å². The van der Waals surface area contributed by atoms with Crippen molar-refractivity contribution in [2.75, 3.05) is 39.8 Å². The van der Waals surface area contributed by atoms with Gasteiger partial charge in [-0.15, -0.1) is 0 Å². The maximum Gasteiger partial charge on any atom is 0.233 e. The molecule has 1 N–H and O–H groups in total. The van der Waals surface area contributed by atoms with Gasteiger partial charge in [-0.3, -0.25) is 14.5 Å². The van der Waals surface area contributed by atoms with Crippen molar-refractivity contribution < 1.29 is 14.0 Å². The molecule has 0 spiro atoms. The second-order valence-corrected chi connectivity index (χ2v) is 6.39. The van der Waals surface area contributed by atoms with Gasteiger partial charge < -0.3 is 14.6 Å². The minimum Gasteiger partial charge on any atom is -0.441 e. The standard InChI is InChI=1S/C19H24N4O3/c1-14-16(21-19(26-14)15-6-4-3-5-7-15)12-18(25)23-10-8-22(9-11-23)13-17(24)20-2/h3-7H,8-13H2,1-2H3,(H,20,24). The van der Waals surface area contributed by atoms with E-state index in [1.807, 2.05) is 42.2 Å². The van der Waals surface area contributed by atoms with E-state index in [-0.39, 0.29) is 18.2 Å². The van der Waals surface area contributed by atoms with Gasteiger partial charge in [0.05, 0.1) is 18.7 Å². The average Bonchev–Trinajstić information content (AvgIpc) is 3.03. The van der Waals surface area contributed by atoms with Gasteiger partial charge in [0.25, 0.3) is 0 Å². The maximum absolute atomic E-state index is 12.6. The van der Waals surface area contributed by atoms with E-state index in [0.29, 0.717) is 50.1 Å². The highest BCUT2D eigenvalue weighted by molar-refractivity contribution is 5.79. The second kappa shape index (κ2) is 8.14. The lowest BCUT2D eigenvalue weighted by atomic mass is 10.2. The molecular formula is C19H24N4O3. The number of carbonyl (C=O) groups excluding carboxylic acids is 2. The molecule has 0 bridgehead atoms. The molecule has 7 heteroatoms. The topological polar surface area (TPSA) is 78.7 Å². The van der Waals surface area contributed by atoms with E-state index in [9.17, 15) is 9.59 Å². The normalized spacial score (nSPS) is 15.1. The van der Waals surface area contributed by atoms with Gasteiger partial charge in [-0.05, 0) is 19.1 Å². The Morgan fingerprint density at radius 2 is 1.85 bits per heavy atom. The lowest BCUT2D eigenvalue weighted by molar-refractivity contribution is -0.132. The number of aryl methyl sites for hydroxylation is 1. The molecule has 1 fully saturated rings. The number of benzene rings is 1. The Morgan fingerprint density at radius 1 is 1.15 bits per heavy atom. The van der Waals surface area contributed by atoms with Crippen LogP contribution in [0.1, 0.15) is 11.5 Å². The first-order chi connectivity index (χ1) is 12.6. The summed E-state index contributed by atoms with van der Waals surface area (Å²) in [5, 5.41) is 2.62. The van der Waals surface area contributed by atoms with Gasteiger partial charge >= 0.3 is 0 Å². The molecule has 0 unspecified atom stereocenters. The molecule has 7 nitrogen and oxygen atoms in total. The minimum absolute atomic E-state index is 0.00330. The SMILES string of the molecule is CNC(=O)CN1CCN(C(=O)Cc2nc(-c3ccccc3)oc2C)CC1. The van der Waals surface area contributed by atoms with Crippen molar-refractivity contribution in [1.29, 1.82) is 0 Å². The smallest absolute Gasteiger partial charge is 0.233 e. The number of hydrogen-bond acceptors (Lipinski definition) is 5. The van der Waals surface area contributed by atoms with Crippen LogP contribution in [-0.2, 0) is 16.0 Å². The fourth-order valence-corrected chi connectivity index (χ4v) is 2.99. The predicted molar refractivity (Wildman–Crippen MR) is 97.5 cm³/mol. The molecule has 1 saturated heterocycles. The van der Waals surface area contributed by atoms with Crippen molar-refractivity contribution in [3.8, 4) is 11.5 Å². The Morgan fingerprint density at radius 3 is 2.50 bits per heavy atom. The summed E-state index contributed by atoms with van der Waals surface area (Å²) >= 11 is 0. The Balaban J connectivity index is 1.57. The van der Waals surface area contributed by atoms with Crippen LogP contribution in [0, 0.1) is 6.92 Å². The molecule has 0 aliphatic carbocycles. The van der Waals surface area contributed by atoms with Crippen LogP contribution in [0.25, 0.3) is 11.5 Å². The summed E-state index contributed by atoms with van der Waals surface area (Å²) in [6.07, 6.45) is 0.234. The van der Waals surface area contributed by atoms with E-state index in [0.717, 1.165) is 5.56 Å². The van der Waals surface area contributed by atoms with Crippen molar-refractivity contribution in [3.63, 3.8) is 0 Å². The molecule has 2 amide bonds. The van der Waals surface area contributed by atoms with Crippen LogP contribution in [0.4, 0.5) is 0 Å². The molecule has 1 aliphatic rings. The van der Waals surface area contributed by atoms with Gasteiger partial charge in [0, 0.05) is 38.8 Å². The van der Waals surface area contributed by atoms with E-state index in [4.69, 9.17) is 4.42 Å². The molecule has 26 heavy (non-hydrogen) atoms. The third-order valence-electron chi connectivity index (χ3n) is 4.60. The largest absolute Gasteiger partial charge is 0.441 e. The Labute approximate surface area is 153 Å². The fraction of sp³-hybridized carbons (Fsp3) is 0.421. The Hall–Kier alpha value is -2.67. The van der Waals surface area contributed by atoms with Crippen LogP contribution in [0.2, 0.25) is 0 Å². The van der Waals surface area contributed by atoms with Crippen molar-refractivity contribution in [1.82, 2.24) is 20.1 Å². The first-order valence-corrected chi connectivity index (χ1v) is 8.79. The van der Waals surface area contributed by atoms with E-state index in [1.54, 1.807) is 7.05 Å². The Kier molecular flexibility index (Phi) is 5.68. The van der Waals surface area contributed by atoms with E-state index >= 15 is 0 Å². The molecule has 3 rings (SSSR count). The first-order valence-electron chi connectivity index (χ1n) is 8.79. The highest BCUT2D eigenvalue weighted by atomic mass is 16.4. The lowest BCUT2D eigenvalue weighted by Gasteiger charge is -2.34. The summed E-state index contributed by atoms with van der Waals surface area (Å²) in [6.45, 7) is 4.86. The molecule has 138 valence electrons. The zero-order valence-corrected chi connectivity index (χ0v) is 15.2. The lowest BCUT2D eigenvalue weighted by Crippen LogP contribution is -2.51. The third-order valence-corrected chi connectivity index (χ3v) is 4.60. The van der Waals surface area contributed by atoms with Crippen molar-refractivity contribution in [2.24, 2.45) is 0 Å².